The number of hydrogen-bond donors (Lipinski definition) is 5. The van der Waals surface area contributed by atoms with E-state index in [0.29, 0.717) is 21.3 Å². The molecule has 26 nitrogen and oxygen atoms in total. The third-order valence-corrected chi connectivity index (χ3v) is 12.8. The number of rotatable bonds is 17. The van der Waals surface area contributed by atoms with Crippen molar-refractivity contribution in [3.63, 3.8) is 0 Å². The van der Waals surface area contributed by atoms with E-state index in [1.165, 1.54) is 61.2 Å². The number of nitrogens with zero attached hydrogens (tertiary/aromatic N) is 7. The van der Waals surface area contributed by atoms with Crippen molar-refractivity contribution in [3.05, 3.63) is 133 Å². The number of aryl methyl sites for hydroxylation is 2. The largest absolute Gasteiger partial charge is 0.478 e. The van der Waals surface area contributed by atoms with Gasteiger partial charge in [0.15, 0.2) is 0 Å². The number of carboxylic acid groups (broad SMARTS) is 1. The molecular weight excluding hydrogens is 1220 g/mol. The average molecular weight is 1260 g/mol. The molecule has 84 heavy (non-hydrogen) atoms. The van der Waals surface area contributed by atoms with Crippen molar-refractivity contribution in [2.45, 2.75) is 75.1 Å². The first kappa shape index (κ1) is 67.3. The maximum absolute atomic E-state index is 12.9. The van der Waals surface area contributed by atoms with E-state index in [4.69, 9.17) is 26.2 Å². The number of sulfonamides is 2. The number of ether oxygens (including phenoxy) is 4. The molecule has 0 aliphatic heterocycles. The quantitative estimate of drug-likeness (QED) is 0.0460. The van der Waals surface area contributed by atoms with Crippen molar-refractivity contribution in [1.29, 1.82) is 0 Å². The van der Waals surface area contributed by atoms with Crippen LogP contribution in [-0.4, -0.2) is 113 Å². The van der Waals surface area contributed by atoms with Gasteiger partial charge in [-0.1, -0.05) is 41.9 Å². The minimum atomic E-state index is -4.86. The molecule has 0 bridgehead atoms. The van der Waals surface area contributed by atoms with Gasteiger partial charge in [-0.15, -0.1) is 0 Å². The number of carboxylic acids is 1. The molecule has 3 aromatic carbocycles. The van der Waals surface area contributed by atoms with Gasteiger partial charge >= 0.3 is 61.3 Å². The molecule has 3 aromatic heterocycles. The highest BCUT2D eigenvalue weighted by atomic mass is 35.5. The average Bonchev–Trinajstić information content (AvgIpc) is 1.23. The summed E-state index contributed by atoms with van der Waals surface area (Å²) in [7, 11) is -6.96. The lowest BCUT2D eigenvalue weighted by Crippen LogP contribution is -2.40. The Labute approximate surface area is 469 Å². The number of nitrogens with one attached hydrogen (secondary N) is 4. The molecule has 6 aromatic rings. The molecule has 0 radical (unpaired) electrons. The predicted octanol–water partition coefficient (Wildman–Crippen LogP) is 6.86. The topological polar surface area (TPSA) is 350 Å². The number of hydrogen-bond acceptors (Lipinski definition) is 19. The van der Waals surface area contributed by atoms with Crippen LogP contribution in [0.4, 0.5) is 65.4 Å². The normalized spacial score (nSPS) is 11.6. The second-order valence-electron chi connectivity index (χ2n) is 16.1. The van der Waals surface area contributed by atoms with Crippen LogP contribution < -0.4 is 45.5 Å². The second kappa shape index (κ2) is 28.2. The molecule has 0 aliphatic rings. The van der Waals surface area contributed by atoms with Crippen LogP contribution >= 0.6 is 11.6 Å². The van der Waals surface area contributed by atoms with E-state index in [-0.39, 0.29) is 39.6 Å². The highest BCUT2D eigenvalue weighted by Gasteiger charge is 2.35. The van der Waals surface area contributed by atoms with Crippen molar-refractivity contribution in [2.24, 2.45) is 7.05 Å². The minimum Gasteiger partial charge on any atom is -0.478 e. The number of benzene rings is 3. The molecule has 39 heteroatoms. The van der Waals surface area contributed by atoms with Crippen molar-refractivity contribution >= 4 is 67.5 Å². The summed E-state index contributed by atoms with van der Waals surface area (Å²) in [5.41, 5.74) is -4.72. The number of methoxy groups -OCH3 is 1. The van der Waals surface area contributed by atoms with Gasteiger partial charge in [0.25, 0.3) is 25.6 Å². The molecule has 0 spiro atoms. The van der Waals surface area contributed by atoms with E-state index < -0.39 is 139 Å². The third kappa shape index (κ3) is 19.8. The smallest absolute Gasteiger partial charge is 0.431 e. The second-order valence-corrected chi connectivity index (χ2v) is 19.8. The van der Waals surface area contributed by atoms with Gasteiger partial charge in [0.05, 0.1) is 46.0 Å². The molecule has 3 heterocycles. The first-order valence-electron chi connectivity index (χ1n) is 22.5. The van der Waals surface area contributed by atoms with E-state index in [9.17, 15) is 89.5 Å². The first-order valence-corrected chi connectivity index (χ1v) is 25.9. The van der Waals surface area contributed by atoms with Gasteiger partial charge < -0.3 is 24.1 Å². The number of urea groups is 2. The molecule has 5 N–H and O–H groups in total. The Morgan fingerprint density at radius 2 is 1.24 bits per heavy atom. The van der Waals surface area contributed by atoms with Gasteiger partial charge in [-0.05, 0) is 69.2 Å². The van der Waals surface area contributed by atoms with Gasteiger partial charge in [-0.2, -0.15) is 68.8 Å². The number of aromatic carboxylic acids is 1. The van der Waals surface area contributed by atoms with Crippen LogP contribution in [-0.2, 0) is 44.4 Å². The zero-order valence-corrected chi connectivity index (χ0v) is 45.3. The Morgan fingerprint density at radius 1 is 0.714 bits per heavy atom. The number of esters is 1. The zero-order valence-electron chi connectivity index (χ0n) is 42.9. The van der Waals surface area contributed by atoms with E-state index >= 15 is 0 Å². The Bertz CT molecular complexity index is 3740. The van der Waals surface area contributed by atoms with Gasteiger partial charge in [0.2, 0.25) is 23.7 Å². The fourth-order valence-corrected chi connectivity index (χ4v) is 8.80. The summed E-state index contributed by atoms with van der Waals surface area (Å²) in [5.74, 6) is -5.29. The maximum atomic E-state index is 12.9. The number of carbonyl (C=O) groups excluding carboxylic acids is 3. The van der Waals surface area contributed by atoms with Crippen molar-refractivity contribution < 1.29 is 104 Å². The number of carbonyl (C=O) groups is 4. The van der Waals surface area contributed by atoms with E-state index in [1.807, 2.05) is 0 Å². The van der Waals surface area contributed by atoms with Crippen LogP contribution in [0, 0.1) is 6.92 Å². The van der Waals surface area contributed by atoms with Crippen LogP contribution in [0.25, 0.3) is 5.69 Å². The molecule has 0 saturated carbocycles. The first-order chi connectivity index (χ1) is 38.9. The van der Waals surface area contributed by atoms with E-state index in [0.717, 1.165) is 31.3 Å². The lowest BCUT2D eigenvalue weighted by molar-refractivity contribution is -0.144. The number of amides is 4. The summed E-state index contributed by atoms with van der Waals surface area (Å²) < 4.78 is 196. The lowest BCUT2D eigenvalue weighted by atomic mass is 10.1. The Hall–Kier alpha value is -9.20. The van der Waals surface area contributed by atoms with Gasteiger partial charge in [0.1, 0.15) is 16.4 Å². The van der Waals surface area contributed by atoms with Crippen LogP contribution in [0.1, 0.15) is 58.1 Å². The number of halogens is 11. The summed E-state index contributed by atoms with van der Waals surface area (Å²) in [6, 6.07) is 10.9. The van der Waals surface area contributed by atoms with Crippen LogP contribution in [0.5, 0.6) is 17.8 Å². The highest BCUT2D eigenvalue weighted by Crippen LogP contribution is 2.29. The molecule has 4 amide bonds. The Morgan fingerprint density at radius 3 is 1.75 bits per heavy atom. The molecule has 0 unspecified atom stereocenters. The summed E-state index contributed by atoms with van der Waals surface area (Å²) in [4.78, 5) is 88.2. The lowest BCUT2D eigenvalue weighted by Gasteiger charge is -2.15. The summed E-state index contributed by atoms with van der Waals surface area (Å²) >= 11 is 5.94. The molecule has 454 valence electrons. The summed E-state index contributed by atoms with van der Waals surface area (Å²) in [6.45, 7) is -2.08. The Kier molecular flexibility index (Phi) is 22.6. The molecular formula is C45H40ClF10N11O15S2. The standard InChI is InChI=1S/C16H14ClF3N2O4.C15H16F3N5O4S.C14H10F4N4O7S/c1-8(2)26-14(24)10-6-9(4-5-11(10)17)22-13(23)7-12(16(18,19)20)21(3)15(22)25;1-9-19-12(22-14(20-9)27-2)21-13(24)23-28(25,26)11-6-4-3-5-10(11)7-8-15(16,17)18;15-11(16)28-8-5-9(29-12(17)18)20-13(19-8)21-14(25)22-30(26,27)7-4-2-1-3-6(7)10(23)24/h4-8H,1-3H3;3-6H,7-8H2,1-2H3,(H2,19,20,21,22,23,24);1-5,11-12H,(H,23,24)(H2,19,20,21,22,25). The van der Waals surface area contributed by atoms with Gasteiger partial charge in [-0.3, -0.25) is 20.0 Å². The molecule has 0 saturated heterocycles. The number of aromatic nitrogens is 7. The fraction of sp³-hybridized carbons (Fsp3) is 0.267. The van der Waals surface area contributed by atoms with Crippen LogP contribution in [0.3, 0.4) is 0 Å². The highest BCUT2D eigenvalue weighted by molar-refractivity contribution is 7.90. The number of anilines is 2. The van der Waals surface area contributed by atoms with Gasteiger partial charge in [0, 0.05) is 19.5 Å². The molecule has 0 atom stereocenters. The van der Waals surface area contributed by atoms with E-state index in [2.05, 4.69) is 39.7 Å². The Balaban J connectivity index is 0.000000271. The molecule has 0 fully saturated rings. The van der Waals surface area contributed by atoms with Gasteiger partial charge in [-0.25, -0.2) is 54.8 Å². The van der Waals surface area contributed by atoms with Crippen molar-refractivity contribution in [1.82, 2.24) is 43.5 Å². The number of alkyl halides is 10. The predicted molar refractivity (Wildman–Crippen MR) is 267 cm³/mol. The molecule has 6 rings (SSSR count). The van der Waals surface area contributed by atoms with E-state index in [1.54, 1.807) is 23.9 Å². The monoisotopic (exact) mass is 1260 g/mol. The zero-order chi connectivity index (χ0) is 63.2. The SMILES string of the molecule is CC(C)OC(=O)c1cc(-n2c(=O)cc(C(F)(F)F)n(C)c2=O)ccc1Cl.COc1nc(C)nc(NC(=O)NS(=O)(=O)c2ccccc2CCC(F)(F)F)n1.O=C(Nc1nc(OC(F)F)cc(OC(F)F)n1)NS(=O)(=O)c1ccccc1C(=O)O. The minimum absolute atomic E-state index is 0.0104. The van der Waals surface area contributed by atoms with Crippen molar-refractivity contribution in [3.8, 4) is 23.5 Å². The fourth-order valence-electron chi connectivity index (χ4n) is 6.32. The molecule has 0 aliphatic carbocycles. The van der Waals surface area contributed by atoms with Crippen LogP contribution in [0.15, 0.2) is 98.2 Å². The third-order valence-electron chi connectivity index (χ3n) is 9.64. The summed E-state index contributed by atoms with van der Waals surface area (Å²) in [6.07, 6.45) is -11.5. The maximum Gasteiger partial charge on any atom is 0.431 e. The summed E-state index contributed by atoms with van der Waals surface area (Å²) in [5, 5.41) is 12.9. The van der Waals surface area contributed by atoms with Crippen LogP contribution in [0.2, 0.25) is 5.02 Å². The van der Waals surface area contributed by atoms with Crippen molar-refractivity contribution in [2.75, 3.05) is 17.7 Å².